The first-order valence-electron chi connectivity index (χ1n) is 8.83. The summed E-state index contributed by atoms with van der Waals surface area (Å²) in [4.78, 5) is 53.3. The number of amides is 3. The number of rotatable bonds is 5. The Morgan fingerprint density at radius 1 is 1.10 bits per heavy atom. The van der Waals surface area contributed by atoms with Crippen LogP contribution in [-0.2, 0) is 9.53 Å². The largest absolute Gasteiger partial charge is 0.452 e. The summed E-state index contributed by atoms with van der Waals surface area (Å²) in [6, 6.07) is 9.24. The number of nitrogens with one attached hydrogen (secondary N) is 1. The third-order valence-electron chi connectivity index (χ3n) is 4.43. The molecule has 0 atom stereocenters. The molecule has 0 radical (unpaired) electrons. The van der Waals surface area contributed by atoms with Crippen molar-refractivity contribution in [1.82, 2.24) is 19.7 Å². The molecule has 0 saturated carbocycles. The van der Waals surface area contributed by atoms with E-state index < -0.39 is 30.3 Å². The van der Waals surface area contributed by atoms with E-state index in [9.17, 15) is 19.2 Å². The zero-order valence-corrected chi connectivity index (χ0v) is 15.7. The lowest BCUT2D eigenvalue weighted by Gasteiger charge is -2.08. The Balaban J connectivity index is 1.35. The van der Waals surface area contributed by atoms with E-state index in [4.69, 9.17) is 4.74 Å². The SMILES string of the molecule is CN1C(=O)c2ccc(NC(=O)COC(=O)c3ccc(-n4cccn4)nc3)cc2C1=O. The van der Waals surface area contributed by atoms with Crippen LogP contribution in [0, 0.1) is 0 Å². The Morgan fingerprint density at radius 2 is 1.90 bits per heavy atom. The highest BCUT2D eigenvalue weighted by molar-refractivity contribution is 6.21. The van der Waals surface area contributed by atoms with Crippen molar-refractivity contribution < 1.29 is 23.9 Å². The van der Waals surface area contributed by atoms with Crippen LogP contribution >= 0.6 is 0 Å². The third-order valence-corrected chi connectivity index (χ3v) is 4.43. The van der Waals surface area contributed by atoms with Gasteiger partial charge in [0.2, 0.25) is 0 Å². The van der Waals surface area contributed by atoms with Crippen LogP contribution in [0.2, 0.25) is 0 Å². The van der Waals surface area contributed by atoms with Crippen molar-refractivity contribution in [3.8, 4) is 5.82 Å². The first-order chi connectivity index (χ1) is 14.4. The summed E-state index contributed by atoms with van der Waals surface area (Å²) in [6.45, 7) is -0.524. The molecule has 150 valence electrons. The van der Waals surface area contributed by atoms with E-state index in [-0.39, 0.29) is 16.7 Å². The minimum absolute atomic E-state index is 0.184. The lowest BCUT2D eigenvalue weighted by molar-refractivity contribution is -0.119. The molecule has 1 N–H and O–H groups in total. The summed E-state index contributed by atoms with van der Waals surface area (Å²) in [5.41, 5.74) is 0.985. The van der Waals surface area contributed by atoms with Gasteiger partial charge in [-0.25, -0.2) is 14.5 Å². The molecule has 3 heterocycles. The number of fused-ring (bicyclic) bond motifs is 1. The topological polar surface area (TPSA) is 123 Å². The molecule has 1 aromatic carbocycles. The van der Waals surface area contributed by atoms with Crippen LogP contribution in [-0.4, -0.2) is 57.0 Å². The highest BCUT2D eigenvalue weighted by Crippen LogP contribution is 2.24. The van der Waals surface area contributed by atoms with Gasteiger partial charge in [0.1, 0.15) is 0 Å². The van der Waals surface area contributed by atoms with Gasteiger partial charge >= 0.3 is 5.97 Å². The quantitative estimate of drug-likeness (QED) is 0.501. The molecule has 0 spiro atoms. The number of carbonyl (C=O) groups is 4. The zero-order chi connectivity index (χ0) is 21.3. The van der Waals surface area contributed by atoms with E-state index >= 15 is 0 Å². The predicted octanol–water partition coefficient (Wildman–Crippen LogP) is 1.29. The molecule has 2 aromatic heterocycles. The van der Waals surface area contributed by atoms with E-state index in [0.29, 0.717) is 11.5 Å². The van der Waals surface area contributed by atoms with Crippen LogP contribution in [0.15, 0.2) is 55.0 Å². The number of anilines is 1. The molecule has 3 amide bonds. The third kappa shape index (κ3) is 3.53. The van der Waals surface area contributed by atoms with E-state index in [1.165, 1.54) is 42.2 Å². The number of esters is 1. The molecule has 10 nitrogen and oxygen atoms in total. The second-order valence-corrected chi connectivity index (χ2v) is 6.41. The van der Waals surface area contributed by atoms with Gasteiger partial charge in [-0.05, 0) is 36.4 Å². The number of hydrogen-bond acceptors (Lipinski definition) is 7. The van der Waals surface area contributed by atoms with Gasteiger partial charge in [0, 0.05) is 31.3 Å². The van der Waals surface area contributed by atoms with Crippen LogP contribution in [0.4, 0.5) is 5.69 Å². The van der Waals surface area contributed by atoms with Gasteiger partial charge in [-0.3, -0.25) is 19.3 Å². The molecule has 0 bridgehead atoms. The number of aromatic nitrogens is 3. The summed E-state index contributed by atoms with van der Waals surface area (Å²) >= 11 is 0. The van der Waals surface area contributed by atoms with Crippen molar-refractivity contribution in [2.24, 2.45) is 0 Å². The molecule has 1 aliphatic heterocycles. The van der Waals surface area contributed by atoms with E-state index in [2.05, 4.69) is 15.4 Å². The fourth-order valence-electron chi connectivity index (χ4n) is 2.90. The van der Waals surface area contributed by atoms with Crippen LogP contribution in [0.25, 0.3) is 5.82 Å². The maximum Gasteiger partial charge on any atom is 0.340 e. The minimum Gasteiger partial charge on any atom is -0.452 e. The van der Waals surface area contributed by atoms with Gasteiger partial charge in [0.25, 0.3) is 17.7 Å². The summed E-state index contributed by atoms with van der Waals surface area (Å²) < 4.78 is 6.53. The molecule has 0 fully saturated rings. The molecular weight excluding hydrogens is 390 g/mol. The molecule has 0 unspecified atom stereocenters. The van der Waals surface area contributed by atoms with Crippen LogP contribution < -0.4 is 5.32 Å². The minimum atomic E-state index is -0.707. The number of benzene rings is 1. The molecule has 0 saturated heterocycles. The number of imide groups is 1. The lowest BCUT2D eigenvalue weighted by Crippen LogP contribution is -2.24. The van der Waals surface area contributed by atoms with Crippen molar-refractivity contribution in [3.05, 3.63) is 71.7 Å². The molecule has 10 heteroatoms. The number of carbonyl (C=O) groups excluding carboxylic acids is 4. The highest BCUT2D eigenvalue weighted by atomic mass is 16.5. The van der Waals surface area contributed by atoms with Crippen molar-refractivity contribution in [3.63, 3.8) is 0 Å². The Labute approximate surface area is 170 Å². The van der Waals surface area contributed by atoms with Gasteiger partial charge in [-0.15, -0.1) is 0 Å². The van der Waals surface area contributed by atoms with Gasteiger partial charge in [-0.2, -0.15) is 5.10 Å². The molecular formula is C20H15N5O5. The van der Waals surface area contributed by atoms with Crippen molar-refractivity contribution in [1.29, 1.82) is 0 Å². The second-order valence-electron chi connectivity index (χ2n) is 6.41. The first-order valence-corrected chi connectivity index (χ1v) is 8.83. The van der Waals surface area contributed by atoms with E-state index in [1.807, 2.05) is 0 Å². The summed E-state index contributed by atoms with van der Waals surface area (Å²) in [5, 5.41) is 6.57. The van der Waals surface area contributed by atoms with Gasteiger partial charge < -0.3 is 10.1 Å². The molecule has 3 aromatic rings. The molecule has 4 rings (SSSR count). The fraction of sp³-hybridized carbons (Fsp3) is 0.100. The number of ether oxygens (including phenoxy) is 1. The zero-order valence-electron chi connectivity index (χ0n) is 15.7. The predicted molar refractivity (Wildman–Crippen MR) is 103 cm³/mol. The standard InChI is InChI=1S/C20H15N5O5/c1-24-18(27)14-5-4-13(9-15(14)19(24)28)23-17(26)11-30-20(29)12-3-6-16(21-10-12)25-8-2-7-22-25/h2-10H,11H2,1H3,(H,23,26). The van der Waals surface area contributed by atoms with Crippen LogP contribution in [0.3, 0.4) is 0 Å². The maximum absolute atomic E-state index is 12.1. The van der Waals surface area contributed by atoms with Crippen molar-refractivity contribution in [2.45, 2.75) is 0 Å². The summed E-state index contributed by atoms with van der Waals surface area (Å²) in [5.74, 6) is -1.60. The Bertz CT molecular complexity index is 1150. The average Bonchev–Trinajstić information content (AvgIpc) is 3.37. The second kappa shape index (κ2) is 7.59. The van der Waals surface area contributed by atoms with E-state index in [1.54, 1.807) is 24.5 Å². The van der Waals surface area contributed by atoms with E-state index in [0.717, 1.165) is 4.90 Å². The lowest BCUT2D eigenvalue weighted by atomic mass is 10.1. The fourth-order valence-corrected chi connectivity index (χ4v) is 2.90. The number of hydrogen-bond donors (Lipinski definition) is 1. The van der Waals surface area contributed by atoms with Crippen LogP contribution in [0.1, 0.15) is 31.1 Å². The smallest absolute Gasteiger partial charge is 0.340 e. The number of pyridine rings is 1. The molecule has 30 heavy (non-hydrogen) atoms. The van der Waals surface area contributed by atoms with Gasteiger partial charge in [-0.1, -0.05) is 0 Å². The monoisotopic (exact) mass is 405 g/mol. The molecule has 0 aliphatic carbocycles. The highest BCUT2D eigenvalue weighted by Gasteiger charge is 2.32. The average molecular weight is 405 g/mol. The van der Waals surface area contributed by atoms with Crippen molar-refractivity contribution >= 4 is 29.4 Å². The Hall–Kier alpha value is -4.34. The van der Waals surface area contributed by atoms with Gasteiger partial charge in [0.05, 0.1) is 16.7 Å². The Kier molecular flexibility index (Phi) is 4.80. The van der Waals surface area contributed by atoms with Gasteiger partial charge in [0.15, 0.2) is 12.4 Å². The summed E-state index contributed by atoms with van der Waals surface area (Å²) in [6.07, 6.45) is 4.65. The first kappa shape index (κ1) is 19.0. The normalized spacial score (nSPS) is 12.6. The number of nitrogens with zero attached hydrogens (tertiary/aromatic N) is 4. The Morgan fingerprint density at radius 3 is 2.60 bits per heavy atom. The van der Waals surface area contributed by atoms with Crippen LogP contribution in [0.5, 0.6) is 0 Å². The van der Waals surface area contributed by atoms with Crippen molar-refractivity contribution in [2.75, 3.05) is 19.0 Å². The summed E-state index contributed by atoms with van der Waals surface area (Å²) in [7, 11) is 1.39. The molecule has 1 aliphatic rings. The maximum atomic E-state index is 12.1.